The van der Waals surface area contributed by atoms with Crippen molar-refractivity contribution in [3.05, 3.63) is 68.5 Å². The number of carbonyl (C=O) groups is 5. The predicted molar refractivity (Wildman–Crippen MR) is 334 cm³/mol. The van der Waals surface area contributed by atoms with E-state index in [1.807, 2.05) is 39.8 Å². The van der Waals surface area contributed by atoms with Gasteiger partial charge in [0.25, 0.3) is 0 Å². The van der Waals surface area contributed by atoms with E-state index in [1.165, 1.54) is 13.0 Å². The Morgan fingerprint density at radius 1 is 0.726 bits per heavy atom. The van der Waals surface area contributed by atoms with E-state index in [2.05, 4.69) is 25.2 Å². The van der Waals surface area contributed by atoms with Crippen molar-refractivity contribution in [3.63, 3.8) is 0 Å². The number of nitro groups is 1. The Hall–Kier alpha value is -5.07. The number of fused-ring (bicyclic) bond motifs is 4. The van der Waals surface area contributed by atoms with Crippen LogP contribution < -0.4 is 5.32 Å². The fraction of sp³-hybridized carbons (Fsp3) is 0.783. The SMILES string of the molecule is COC(=O)NC1C(C)OC(OC2CC=C(C)C3C=CC4C(OC5CC(OC6CCC(OC7CC(O)C(OC8CCC(O)C(C)O8)C(C)O7)C(C)O6)C(OC(=O)C(C)C)C(C)O5)C(C)CC(C)C4C3(C)C(O)=C3C(=O)OC4(CC(C=O)=CC(O)C4C=C2C)C3=O)CC1(C)[N+](=O)[O-]. The normalized spacial score (nSPS) is 45.6. The molecule has 26 nitrogen and oxygen atoms in total. The van der Waals surface area contributed by atoms with Gasteiger partial charge in [-0.15, -0.1) is 0 Å². The van der Waals surface area contributed by atoms with Crippen molar-refractivity contribution in [2.75, 3.05) is 7.11 Å². The molecule has 1 amide bonds. The smallest absolute Gasteiger partial charge is 0.407 e. The lowest BCUT2D eigenvalue weighted by Gasteiger charge is -2.56. The first-order chi connectivity index (χ1) is 44.8. The van der Waals surface area contributed by atoms with Gasteiger partial charge in [0, 0.05) is 61.2 Å². The third-order valence-corrected chi connectivity index (χ3v) is 22.1. The van der Waals surface area contributed by atoms with Crippen molar-refractivity contribution in [3.8, 4) is 0 Å². The second-order valence-corrected chi connectivity index (χ2v) is 29.2. The Bertz CT molecular complexity index is 3010. The highest BCUT2D eigenvalue weighted by atomic mass is 16.8. The van der Waals surface area contributed by atoms with Gasteiger partial charge in [-0.1, -0.05) is 64.5 Å². The van der Waals surface area contributed by atoms with Crippen molar-refractivity contribution >= 4 is 30.1 Å². The van der Waals surface area contributed by atoms with Crippen molar-refractivity contribution < 1.29 is 111 Å². The maximum absolute atomic E-state index is 15.6. The summed E-state index contributed by atoms with van der Waals surface area (Å²) >= 11 is 0. The number of rotatable bonds is 15. The van der Waals surface area contributed by atoms with Gasteiger partial charge in [0.15, 0.2) is 43.2 Å². The van der Waals surface area contributed by atoms with E-state index in [0.29, 0.717) is 49.5 Å². The summed E-state index contributed by atoms with van der Waals surface area (Å²) in [6.45, 7) is 23.3. The van der Waals surface area contributed by atoms with Crippen LogP contribution >= 0.6 is 0 Å². The van der Waals surface area contributed by atoms with Gasteiger partial charge in [-0.3, -0.25) is 24.5 Å². The average Bonchev–Trinajstić information content (AvgIpc) is 1.52. The van der Waals surface area contributed by atoms with Gasteiger partial charge in [0.1, 0.15) is 35.9 Å². The van der Waals surface area contributed by atoms with E-state index in [4.69, 9.17) is 61.6 Å². The minimum Gasteiger partial charge on any atom is -0.511 e. The minimum absolute atomic E-state index is 0.00174. The quantitative estimate of drug-likeness (QED) is 0.0209. The number of nitrogens with zero attached hydrogens (tertiary/aromatic N) is 1. The van der Waals surface area contributed by atoms with E-state index in [1.54, 1.807) is 47.6 Å². The Kier molecular flexibility index (Phi) is 22.2. The van der Waals surface area contributed by atoms with Crippen LogP contribution in [0, 0.1) is 57.0 Å². The van der Waals surface area contributed by atoms with Crippen LogP contribution in [0.1, 0.15) is 154 Å². The number of allylic oxidation sites excluding steroid dienone is 3. The molecule has 95 heavy (non-hydrogen) atoms. The molecule has 26 heteroatoms. The molecule has 0 aromatic carbocycles. The number of aliphatic hydroxyl groups excluding tert-OH is 4. The summed E-state index contributed by atoms with van der Waals surface area (Å²) < 4.78 is 82.1. The summed E-state index contributed by atoms with van der Waals surface area (Å²) in [6, 6.07) is -1.13. The molecule has 6 heterocycles. The van der Waals surface area contributed by atoms with Crippen LogP contribution in [-0.2, 0) is 80.8 Å². The van der Waals surface area contributed by atoms with Gasteiger partial charge in [-0.2, -0.15) is 0 Å². The number of esters is 2. The lowest BCUT2D eigenvalue weighted by molar-refractivity contribution is -0.584. The molecule has 6 aliphatic heterocycles. The molecule has 4 aliphatic carbocycles. The first-order valence-electron chi connectivity index (χ1n) is 34.0. The number of carbonyl (C=O) groups excluding carboxylic acids is 5. The Labute approximate surface area is 555 Å². The summed E-state index contributed by atoms with van der Waals surface area (Å²) in [5.74, 6) is -6.86. The Morgan fingerprint density at radius 3 is 2.01 bits per heavy atom. The van der Waals surface area contributed by atoms with Crippen molar-refractivity contribution in [2.45, 2.75) is 288 Å². The van der Waals surface area contributed by atoms with Gasteiger partial charge in [0.05, 0.1) is 92.5 Å². The van der Waals surface area contributed by atoms with Gasteiger partial charge in [-0.25, -0.2) is 9.59 Å². The molecule has 0 aromatic heterocycles. The van der Waals surface area contributed by atoms with Crippen LogP contribution in [0.3, 0.4) is 0 Å². The molecule has 5 N–H and O–H groups in total. The van der Waals surface area contributed by atoms with Crippen LogP contribution in [0.25, 0.3) is 0 Å². The molecule has 0 aromatic rings. The zero-order valence-corrected chi connectivity index (χ0v) is 57.0. The zero-order chi connectivity index (χ0) is 69.1. The van der Waals surface area contributed by atoms with Crippen LogP contribution in [0.2, 0.25) is 0 Å². The van der Waals surface area contributed by atoms with Gasteiger partial charge in [-0.05, 0) is 109 Å². The van der Waals surface area contributed by atoms with E-state index >= 15 is 4.79 Å². The molecule has 7 fully saturated rings. The molecule has 10 aliphatic rings. The maximum Gasteiger partial charge on any atom is 0.407 e. The molecule has 29 atom stereocenters. The van der Waals surface area contributed by atoms with Gasteiger partial charge < -0.3 is 87.3 Å². The fourth-order valence-corrected chi connectivity index (χ4v) is 17.0. The lowest BCUT2D eigenvalue weighted by atomic mass is 9.49. The highest BCUT2D eigenvalue weighted by Gasteiger charge is 2.65. The second-order valence-electron chi connectivity index (χ2n) is 29.2. The summed E-state index contributed by atoms with van der Waals surface area (Å²) in [6.07, 6.45) is -4.28. The number of Topliss-reactive ketones (excluding diaryl/α,β-unsaturated/α-hetero) is 1. The summed E-state index contributed by atoms with van der Waals surface area (Å²) in [7, 11) is 1.15. The first kappa shape index (κ1) is 72.7. The van der Waals surface area contributed by atoms with Crippen molar-refractivity contribution in [1.82, 2.24) is 5.32 Å². The number of aldehydes is 1. The maximum atomic E-state index is 15.6. The van der Waals surface area contributed by atoms with Crippen LogP contribution in [0.4, 0.5) is 4.79 Å². The largest absolute Gasteiger partial charge is 0.511 e. The molecule has 2 bridgehead atoms. The number of nitrogens with one attached hydrogen (secondary N) is 1. The number of methoxy groups -OCH3 is 1. The standard InChI is InChI=1S/C69H100N2O24/c1-31(2)64(78)94-60-39(10)87-54(27-50(60)91-51-22-20-49(37(8)85-51)90-53-26-47(75)59(38(9)86-53)92-52-21-18-45(73)36(7)84-52)93-58-35(6)23-34(5)57-42(58)16-17-43-32(3)15-19-48(89-55-29-67(12,71(81)82)61(40(11)88-55)70-66(80)83-14)33(4)24-44-46(74)25-41(30-72)28-69(44)63(77)56(65(79)95-69)62(76)68(43,57)13/h15-17,24-25,30-31,34-40,42-55,57-61,73-76H,18-23,26-29H2,1-14H3,(H,70,80). The van der Waals surface area contributed by atoms with Gasteiger partial charge in [0.2, 0.25) is 11.3 Å². The van der Waals surface area contributed by atoms with E-state index in [9.17, 15) is 49.7 Å². The number of hydrogen-bond acceptors (Lipinski definition) is 24. The number of ether oxygens (including phenoxy) is 13. The molecule has 1 saturated carbocycles. The molecule has 6 saturated heterocycles. The molecule has 10 rings (SSSR count). The number of ketones is 1. The molecular formula is C69H100N2O24. The zero-order valence-electron chi connectivity index (χ0n) is 57.0. The summed E-state index contributed by atoms with van der Waals surface area (Å²) in [5, 5.41) is 62.1. The van der Waals surface area contributed by atoms with Crippen LogP contribution in [0.5, 0.6) is 0 Å². The highest BCUT2D eigenvalue weighted by Crippen LogP contribution is 2.61. The monoisotopic (exact) mass is 1340 g/mol. The Morgan fingerprint density at radius 2 is 1.36 bits per heavy atom. The second kappa shape index (κ2) is 29.0. The van der Waals surface area contributed by atoms with Crippen LogP contribution in [0.15, 0.2) is 58.4 Å². The first-order valence-corrected chi connectivity index (χ1v) is 34.0. The third kappa shape index (κ3) is 14.4. The fourth-order valence-electron chi connectivity index (χ4n) is 17.0. The predicted octanol–water partition coefficient (Wildman–Crippen LogP) is 7.00. The highest BCUT2D eigenvalue weighted by molar-refractivity contribution is 6.26. The number of aliphatic hydroxyl groups is 4. The lowest BCUT2D eigenvalue weighted by Crippen LogP contribution is -2.65. The van der Waals surface area contributed by atoms with E-state index in [-0.39, 0.29) is 43.1 Å². The number of hydrogen-bond donors (Lipinski definition) is 5. The molecule has 29 unspecified atom stereocenters. The average molecular weight is 1340 g/mol. The van der Waals surface area contributed by atoms with Crippen molar-refractivity contribution in [2.24, 2.45) is 46.8 Å². The minimum atomic E-state index is -2.20. The molecule has 530 valence electrons. The Balaban J connectivity index is 0.914. The van der Waals surface area contributed by atoms with E-state index < -0.39 is 216 Å². The summed E-state index contributed by atoms with van der Waals surface area (Å²) in [5.41, 5.74) is -4.92. The van der Waals surface area contributed by atoms with Gasteiger partial charge >= 0.3 is 18.0 Å². The number of alkyl carbamates (subject to hydrolysis) is 1. The summed E-state index contributed by atoms with van der Waals surface area (Å²) in [4.78, 5) is 81.3. The van der Waals surface area contributed by atoms with Crippen LogP contribution in [-0.4, -0.2) is 197 Å². The molecular weight excluding hydrogens is 1240 g/mol. The number of amides is 1. The molecule has 0 radical (unpaired) electrons. The molecule has 1 spiro atoms. The van der Waals surface area contributed by atoms with Crippen molar-refractivity contribution in [1.29, 1.82) is 0 Å². The third-order valence-electron chi connectivity index (χ3n) is 22.1. The topological polar surface area (TPSA) is 341 Å². The van der Waals surface area contributed by atoms with E-state index in [0.717, 1.165) is 7.11 Å².